The number of urea groups is 1. The van der Waals surface area contributed by atoms with E-state index in [1.165, 1.54) is 18.7 Å². The van der Waals surface area contributed by atoms with Crippen LogP contribution in [0.15, 0.2) is 0 Å². The van der Waals surface area contributed by atoms with Crippen molar-refractivity contribution in [2.45, 2.75) is 44.7 Å². The summed E-state index contributed by atoms with van der Waals surface area (Å²) < 4.78 is 0. The predicted molar refractivity (Wildman–Crippen MR) is 63.8 cm³/mol. The van der Waals surface area contributed by atoms with Crippen LogP contribution in [-0.2, 0) is 9.59 Å². The van der Waals surface area contributed by atoms with E-state index < -0.39 is 29.5 Å². The number of nitrogens with one attached hydrogen (secondary N) is 1. The average Bonchev–Trinajstić information content (AvgIpc) is 2.28. The topological polar surface area (TPSA) is 113 Å². The minimum Gasteiger partial charge on any atom is -0.480 e. The van der Waals surface area contributed by atoms with Gasteiger partial charge in [-0.15, -0.1) is 0 Å². The first-order chi connectivity index (χ1) is 8.25. The molecule has 0 aromatic heterocycles. The number of hydrogen-bond donors (Lipinski definition) is 3. The summed E-state index contributed by atoms with van der Waals surface area (Å²) >= 11 is 0. The van der Waals surface area contributed by atoms with E-state index in [0.717, 1.165) is 12.8 Å². The molecule has 7 heteroatoms. The minimum absolute atomic E-state index is 0.373. The molecular weight excluding hydrogens is 238 g/mol. The normalized spacial score (nSPS) is 20.3. The van der Waals surface area contributed by atoms with Crippen LogP contribution in [0.4, 0.5) is 4.79 Å². The van der Waals surface area contributed by atoms with E-state index in [4.69, 9.17) is 10.8 Å². The number of aliphatic carboxylic acids is 1. The number of carbonyl (C=O) groups excluding carboxylic acids is 2. The monoisotopic (exact) mass is 257 g/mol. The van der Waals surface area contributed by atoms with E-state index in [-0.39, 0.29) is 0 Å². The molecule has 1 heterocycles. The lowest BCUT2D eigenvalue weighted by atomic mass is 10.0. The number of nitrogens with zero attached hydrogens (tertiary/aromatic N) is 1. The Bertz CT molecular complexity index is 367. The van der Waals surface area contributed by atoms with Crippen molar-refractivity contribution in [3.05, 3.63) is 0 Å². The number of likely N-dealkylation sites (tertiary alicyclic amines) is 1. The fourth-order valence-corrected chi connectivity index (χ4v) is 1.83. The van der Waals surface area contributed by atoms with Gasteiger partial charge in [-0.3, -0.25) is 4.79 Å². The number of nitrogens with two attached hydrogens (primary N) is 1. The van der Waals surface area contributed by atoms with Gasteiger partial charge in [-0.2, -0.15) is 0 Å². The molecule has 1 atom stereocenters. The minimum atomic E-state index is -1.20. The van der Waals surface area contributed by atoms with Gasteiger partial charge in [0.2, 0.25) is 5.91 Å². The lowest BCUT2D eigenvalue weighted by Crippen LogP contribution is -2.60. The van der Waals surface area contributed by atoms with Crippen molar-refractivity contribution in [2.24, 2.45) is 5.73 Å². The number of amides is 3. The van der Waals surface area contributed by atoms with E-state index >= 15 is 0 Å². The molecule has 0 aromatic rings. The summed E-state index contributed by atoms with van der Waals surface area (Å²) in [5, 5.41) is 11.5. The molecule has 0 radical (unpaired) electrons. The Labute approximate surface area is 105 Å². The molecule has 7 nitrogen and oxygen atoms in total. The molecule has 0 saturated carbocycles. The fraction of sp³-hybridized carbons (Fsp3) is 0.727. The molecule has 0 aliphatic carbocycles. The van der Waals surface area contributed by atoms with Gasteiger partial charge in [-0.1, -0.05) is 0 Å². The van der Waals surface area contributed by atoms with Crippen molar-refractivity contribution in [3.63, 3.8) is 0 Å². The molecular formula is C11H19N3O4. The van der Waals surface area contributed by atoms with Gasteiger partial charge in [0.05, 0.1) is 0 Å². The highest BCUT2D eigenvalue weighted by molar-refractivity contribution is 5.90. The summed E-state index contributed by atoms with van der Waals surface area (Å²) in [4.78, 5) is 35.4. The van der Waals surface area contributed by atoms with Crippen molar-refractivity contribution in [1.29, 1.82) is 0 Å². The van der Waals surface area contributed by atoms with Crippen LogP contribution < -0.4 is 11.1 Å². The predicted octanol–water partition coefficient (Wildman–Crippen LogP) is -0.101. The highest BCUT2D eigenvalue weighted by Gasteiger charge is 2.35. The number of carboxylic acid groups (broad SMARTS) is 1. The lowest BCUT2D eigenvalue weighted by molar-refractivity contribution is -0.143. The zero-order valence-electron chi connectivity index (χ0n) is 10.6. The quantitative estimate of drug-likeness (QED) is 0.655. The Morgan fingerprint density at radius 2 is 1.94 bits per heavy atom. The lowest BCUT2D eigenvalue weighted by Gasteiger charge is -2.35. The van der Waals surface area contributed by atoms with Gasteiger partial charge in [-0.05, 0) is 33.1 Å². The fourth-order valence-electron chi connectivity index (χ4n) is 1.83. The van der Waals surface area contributed by atoms with Crippen LogP contribution in [0.3, 0.4) is 0 Å². The van der Waals surface area contributed by atoms with Crippen molar-refractivity contribution >= 4 is 17.9 Å². The molecule has 4 N–H and O–H groups in total. The van der Waals surface area contributed by atoms with Gasteiger partial charge in [0.15, 0.2) is 0 Å². The molecule has 1 fully saturated rings. The zero-order chi connectivity index (χ0) is 13.9. The highest BCUT2D eigenvalue weighted by Crippen LogP contribution is 2.18. The summed E-state index contributed by atoms with van der Waals surface area (Å²) in [5.41, 5.74) is 3.96. The Kier molecular flexibility index (Phi) is 4.15. The highest BCUT2D eigenvalue weighted by atomic mass is 16.4. The van der Waals surface area contributed by atoms with Crippen molar-refractivity contribution in [2.75, 3.05) is 6.54 Å². The molecule has 1 unspecified atom stereocenters. The van der Waals surface area contributed by atoms with E-state index in [1.54, 1.807) is 0 Å². The van der Waals surface area contributed by atoms with Crippen LogP contribution in [-0.4, -0.2) is 46.0 Å². The molecule has 18 heavy (non-hydrogen) atoms. The summed E-state index contributed by atoms with van der Waals surface area (Å²) in [7, 11) is 0. The third-order valence-corrected chi connectivity index (χ3v) is 3.08. The third-order valence-electron chi connectivity index (χ3n) is 3.08. The molecule has 0 spiro atoms. The molecule has 1 saturated heterocycles. The Morgan fingerprint density at radius 3 is 2.44 bits per heavy atom. The van der Waals surface area contributed by atoms with Gasteiger partial charge in [0.1, 0.15) is 11.6 Å². The zero-order valence-corrected chi connectivity index (χ0v) is 10.6. The number of carbonyl (C=O) groups is 3. The van der Waals surface area contributed by atoms with Crippen LogP contribution in [0, 0.1) is 0 Å². The first kappa shape index (κ1) is 14.3. The van der Waals surface area contributed by atoms with E-state index in [0.29, 0.717) is 13.0 Å². The van der Waals surface area contributed by atoms with Crippen LogP contribution >= 0.6 is 0 Å². The van der Waals surface area contributed by atoms with E-state index in [2.05, 4.69) is 5.32 Å². The Balaban J connectivity index is 2.75. The van der Waals surface area contributed by atoms with Gasteiger partial charge in [-0.25, -0.2) is 9.59 Å². The SMILES string of the molecule is CC(C)(NC(=O)N1CCCCC1C(=O)O)C(N)=O. The van der Waals surface area contributed by atoms with Crippen LogP contribution in [0.25, 0.3) is 0 Å². The number of hydrogen-bond acceptors (Lipinski definition) is 3. The molecule has 1 aliphatic rings. The maximum absolute atomic E-state index is 12.0. The molecule has 3 amide bonds. The Morgan fingerprint density at radius 1 is 1.33 bits per heavy atom. The van der Waals surface area contributed by atoms with Crippen molar-refractivity contribution in [3.8, 4) is 0 Å². The number of rotatable bonds is 3. The van der Waals surface area contributed by atoms with E-state index in [9.17, 15) is 14.4 Å². The maximum Gasteiger partial charge on any atom is 0.326 e. The molecule has 0 bridgehead atoms. The van der Waals surface area contributed by atoms with Crippen LogP contribution in [0.2, 0.25) is 0 Å². The second-order valence-corrected chi connectivity index (χ2v) is 4.96. The summed E-state index contributed by atoms with van der Waals surface area (Å²) in [5.74, 6) is -1.69. The summed E-state index contributed by atoms with van der Waals surface area (Å²) in [6.45, 7) is 3.33. The van der Waals surface area contributed by atoms with Crippen LogP contribution in [0.1, 0.15) is 33.1 Å². The standard InChI is InChI=1S/C11H19N3O4/c1-11(2,9(12)17)13-10(18)14-6-4-3-5-7(14)8(15)16/h7H,3-6H2,1-2H3,(H2,12,17)(H,13,18)(H,15,16). The first-order valence-electron chi connectivity index (χ1n) is 5.87. The average molecular weight is 257 g/mol. The van der Waals surface area contributed by atoms with Gasteiger partial charge in [0, 0.05) is 6.54 Å². The molecule has 1 rings (SSSR count). The summed E-state index contributed by atoms with van der Waals surface area (Å²) in [6.07, 6.45) is 1.97. The third kappa shape index (κ3) is 3.12. The van der Waals surface area contributed by atoms with Crippen molar-refractivity contribution in [1.82, 2.24) is 10.2 Å². The Hall–Kier alpha value is -1.79. The number of piperidine rings is 1. The van der Waals surface area contributed by atoms with Crippen LogP contribution in [0.5, 0.6) is 0 Å². The largest absolute Gasteiger partial charge is 0.480 e. The number of primary amides is 1. The maximum atomic E-state index is 12.0. The second-order valence-electron chi connectivity index (χ2n) is 4.96. The van der Waals surface area contributed by atoms with Gasteiger partial charge >= 0.3 is 12.0 Å². The van der Waals surface area contributed by atoms with E-state index in [1.807, 2.05) is 0 Å². The first-order valence-corrected chi connectivity index (χ1v) is 5.87. The molecule has 1 aliphatic heterocycles. The molecule has 102 valence electrons. The van der Waals surface area contributed by atoms with Crippen molar-refractivity contribution < 1.29 is 19.5 Å². The second kappa shape index (κ2) is 5.24. The summed E-state index contributed by atoms with van der Waals surface area (Å²) in [6, 6.07) is -1.40. The smallest absolute Gasteiger partial charge is 0.326 e. The molecule has 0 aromatic carbocycles. The van der Waals surface area contributed by atoms with Gasteiger partial charge < -0.3 is 21.1 Å². The number of carboxylic acids is 1. The van der Waals surface area contributed by atoms with Gasteiger partial charge in [0.25, 0.3) is 0 Å².